The van der Waals surface area contributed by atoms with Gasteiger partial charge in [0.1, 0.15) is 6.54 Å². The highest BCUT2D eigenvalue weighted by atomic mass is 79.9. The highest BCUT2D eigenvalue weighted by molar-refractivity contribution is 9.11. The Balaban J connectivity index is 1.94. The summed E-state index contributed by atoms with van der Waals surface area (Å²) in [7, 11) is 2.01. The third-order valence-electron chi connectivity index (χ3n) is 3.77. The van der Waals surface area contributed by atoms with Crippen LogP contribution in [0.4, 0.5) is 5.69 Å². The zero-order valence-electron chi connectivity index (χ0n) is 13.4. The van der Waals surface area contributed by atoms with E-state index in [9.17, 15) is 9.59 Å². The second-order valence-corrected chi connectivity index (χ2v) is 8.12. The molecule has 1 aromatic carbocycles. The number of thiophene rings is 1. The first-order chi connectivity index (χ1) is 10.9. The number of hydrogen-bond acceptors (Lipinski definition) is 3. The molecular weight excluding hydrogens is 376 g/mol. The molecule has 0 bridgehead atoms. The Labute approximate surface area is 148 Å². The number of rotatable bonds is 6. The van der Waals surface area contributed by atoms with Crippen molar-refractivity contribution < 1.29 is 14.5 Å². The molecule has 0 saturated heterocycles. The highest BCUT2D eigenvalue weighted by Gasteiger charge is 2.22. The lowest BCUT2D eigenvalue weighted by molar-refractivity contribution is -0.907. The monoisotopic (exact) mass is 395 g/mol. The second kappa shape index (κ2) is 7.86. The fraction of sp³-hybridized carbons (Fsp3) is 0.294. The summed E-state index contributed by atoms with van der Waals surface area (Å²) in [5.74, 6) is -0.0174. The van der Waals surface area contributed by atoms with Crippen molar-refractivity contribution >= 4 is 44.6 Å². The molecule has 0 aliphatic rings. The predicted octanol–water partition coefficient (Wildman–Crippen LogP) is 2.76. The summed E-state index contributed by atoms with van der Waals surface area (Å²) in [6.45, 7) is 4.24. The van der Waals surface area contributed by atoms with Crippen LogP contribution in [-0.4, -0.2) is 24.8 Å². The van der Waals surface area contributed by atoms with E-state index in [1.54, 1.807) is 35.6 Å². The molecule has 2 rings (SSSR count). The molecule has 0 fully saturated rings. The summed E-state index contributed by atoms with van der Waals surface area (Å²) in [5.41, 5.74) is 1.35. The SMILES string of the molecule is CC(=O)c1ccc(NC(=O)[C@@H](C)[NH+](C)Cc2ccc(Br)s2)cc1. The van der Waals surface area contributed by atoms with Gasteiger partial charge in [-0.1, -0.05) is 0 Å². The lowest BCUT2D eigenvalue weighted by Crippen LogP contribution is -3.12. The fourth-order valence-corrected chi connectivity index (χ4v) is 3.72. The van der Waals surface area contributed by atoms with Crippen molar-refractivity contribution in [3.63, 3.8) is 0 Å². The van der Waals surface area contributed by atoms with Crippen LogP contribution >= 0.6 is 27.3 Å². The van der Waals surface area contributed by atoms with E-state index in [1.165, 1.54) is 11.8 Å². The molecule has 0 aliphatic heterocycles. The average Bonchev–Trinajstić information content (AvgIpc) is 2.92. The van der Waals surface area contributed by atoms with Crippen LogP contribution in [0.5, 0.6) is 0 Å². The van der Waals surface area contributed by atoms with Gasteiger partial charge in [0.25, 0.3) is 5.91 Å². The van der Waals surface area contributed by atoms with Gasteiger partial charge in [-0.2, -0.15) is 0 Å². The third kappa shape index (κ3) is 4.99. The Kier molecular flexibility index (Phi) is 6.10. The number of hydrogen-bond donors (Lipinski definition) is 2. The molecule has 2 atom stereocenters. The van der Waals surface area contributed by atoms with Crippen molar-refractivity contribution in [2.75, 3.05) is 12.4 Å². The number of nitrogens with one attached hydrogen (secondary N) is 2. The summed E-state index contributed by atoms with van der Waals surface area (Å²) >= 11 is 5.14. The Hall–Kier alpha value is -1.50. The van der Waals surface area contributed by atoms with Gasteiger partial charge in [-0.05, 0) is 66.2 Å². The molecule has 122 valence electrons. The summed E-state index contributed by atoms with van der Waals surface area (Å²) in [6, 6.07) is 10.9. The van der Waals surface area contributed by atoms with Crippen LogP contribution < -0.4 is 10.2 Å². The van der Waals surface area contributed by atoms with E-state index in [2.05, 4.69) is 27.3 Å². The largest absolute Gasteiger partial charge is 0.323 e. The Morgan fingerprint density at radius 3 is 2.39 bits per heavy atom. The molecule has 0 aliphatic carbocycles. The fourth-order valence-electron chi connectivity index (χ4n) is 2.14. The van der Waals surface area contributed by atoms with Crippen molar-refractivity contribution in [2.45, 2.75) is 26.4 Å². The van der Waals surface area contributed by atoms with E-state index >= 15 is 0 Å². The molecule has 1 amide bonds. The van der Waals surface area contributed by atoms with Crippen molar-refractivity contribution in [3.8, 4) is 0 Å². The summed E-state index contributed by atoms with van der Waals surface area (Å²) < 4.78 is 1.10. The third-order valence-corrected chi connectivity index (χ3v) is 5.40. The highest BCUT2D eigenvalue weighted by Crippen LogP contribution is 2.21. The van der Waals surface area contributed by atoms with Gasteiger partial charge in [0, 0.05) is 11.3 Å². The number of anilines is 1. The maximum Gasteiger partial charge on any atom is 0.282 e. The molecule has 1 aromatic heterocycles. The van der Waals surface area contributed by atoms with Crippen LogP contribution in [0.15, 0.2) is 40.2 Å². The van der Waals surface area contributed by atoms with Gasteiger partial charge in [-0.3, -0.25) is 9.59 Å². The van der Waals surface area contributed by atoms with E-state index in [4.69, 9.17) is 0 Å². The number of quaternary nitrogens is 1. The lowest BCUT2D eigenvalue weighted by Gasteiger charge is -2.20. The van der Waals surface area contributed by atoms with Crippen molar-refractivity contribution in [1.82, 2.24) is 0 Å². The van der Waals surface area contributed by atoms with Gasteiger partial charge in [0.15, 0.2) is 11.8 Å². The number of likely N-dealkylation sites (N-methyl/N-ethyl adjacent to an activating group) is 1. The molecule has 2 N–H and O–H groups in total. The first-order valence-corrected chi connectivity index (χ1v) is 8.96. The Morgan fingerprint density at radius 1 is 1.22 bits per heavy atom. The van der Waals surface area contributed by atoms with E-state index in [-0.39, 0.29) is 17.7 Å². The van der Waals surface area contributed by atoms with Gasteiger partial charge in [-0.15, -0.1) is 11.3 Å². The minimum absolute atomic E-state index is 0.0162. The van der Waals surface area contributed by atoms with E-state index in [0.717, 1.165) is 15.2 Å². The van der Waals surface area contributed by atoms with Gasteiger partial charge < -0.3 is 10.2 Å². The Bertz CT molecular complexity index is 697. The minimum atomic E-state index is -0.177. The standard InChI is InChI=1S/C17H19BrN2O2S/c1-11(20(3)10-15-8-9-16(18)23-15)17(22)19-14-6-4-13(5-7-14)12(2)21/h4-9,11H,10H2,1-3H3,(H,19,22)/p+1/t11-/m1/s1. The molecule has 0 saturated carbocycles. The molecule has 23 heavy (non-hydrogen) atoms. The van der Waals surface area contributed by atoms with Crippen molar-refractivity contribution in [1.29, 1.82) is 0 Å². The number of benzene rings is 1. The van der Waals surface area contributed by atoms with Crippen LogP contribution in [-0.2, 0) is 11.3 Å². The van der Waals surface area contributed by atoms with E-state index in [0.29, 0.717) is 11.3 Å². The van der Waals surface area contributed by atoms with Crippen LogP contribution in [0.3, 0.4) is 0 Å². The maximum absolute atomic E-state index is 12.4. The smallest absolute Gasteiger partial charge is 0.282 e. The topological polar surface area (TPSA) is 50.6 Å². The molecule has 1 heterocycles. The molecule has 2 aromatic rings. The van der Waals surface area contributed by atoms with Gasteiger partial charge >= 0.3 is 0 Å². The first kappa shape index (κ1) is 17.8. The van der Waals surface area contributed by atoms with Crippen LogP contribution in [0.2, 0.25) is 0 Å². The van der Waals surface area contributed by atoms with E-state index < -0.39 is 0 Å². The molecule has 0 radical (unpaired) electrons. The number of amides is 1. The van der Waals surface area contributed by atoms with Crippen LogP contribution in [0.1, 0.15) is 29.1 Å². The second-order valence-electron chi connectivity index (χ2n) is 5.57. The zero-order valence-corrected chi connectivity index (χ0v) is 15.8. The number of Topliss-reactive ketones (excluding diaryl/α,β-unsaturated/α-hetero) is 1. The normalized spacial score (nSPS) is 13.4. The number of ketones is 1. The maximum atomic E-state index is 12.4. The average molecular weight is 396 g/mol. The first-order valence-electron chi connectivity index (χ1n) is 7.35. The molecule has 4 nitrogen and oxygen atoms in total. The van der Waals surface area contributed by atoms with Crippen molar-refractivity contribution in [2.24, 2.45) is 0 Å². The summed E-state index contributed by atoms with van der Waals surface area (Å²) in [4.78, 5) is 26.0. The van der Waals surface area contributed by atoms with Gasteiger partial charge in [-0.25, -0.2) is 0 Å². The number of carbonyl (C=O) groups is 2. The molecule has 0 spiro atoms. The lowest BCUT2D eigenvalue weighted by atomic mass is 10.1. The number of carbonyl (C=O) groups excluding carboxylic acids is 2. The molecule has 1 unspecified atom stereocenters. The molecular formula is C17H20BrN2O2S+. The quantitative estimate of drug-likeness (QED) is 0.738. The van der Waals surface area contributed by atoms with Crippen molar-refractivity contribution in [3.05, 3.63) is 50.6 Å². The van der Waals surface area contributed by atoms with Crippen LogP contribution in [0, 0.1) is 0 Å². The summed E-state index contributed by atoms with van der Waals surface area (Å²) in [6.07, 6.45) is 0. The van der Waals surface area contributed by atoms with E-state index in [1.807, 2.05) is 20.0 Å². The Morgan fingerprint density at radius 2 is 1.87 bits per heavy atom. The summed E-state index contributed by atoms with van der Waals surface area (Å²) in [5, 5.41) is 2.90. The molecule has 6 heteroatoms. The van der Waals surface area contributed by atoms with Gasteiger partial charge in [0.2, 0.25) is 0 Å². The predicted molar refractivity (Wildman–Crippen MR) is 97.1 cm³/mol. The van der Waals surface area contributed by atoms with Crippen LogP contribution in [0.25, 0.3) is 0 Å². The minimum Gasteiger partial charge on any atom is -0.323 e. The zero-order chi connectivity index (χ0) is 17.0. The van der Waals surface area contributed by atoms with Gasteiger partial charge in [0.05, 0.1) is 15.7 Å². The number of halogens is 1.